The van der Waals surface area contributed by atoms with E-state index < -0.39 is 35.8 Å². The number of nitrogens with one attached hydrogen (secondary N) is 1. The van der Waals surface area contributed by atoms with Gasteiger partial charge in [0.15, 0.2) is 11.6 Å². The number of halogens is 2. The SMILES string of the molecule is CC1=CN(CC2CN(c3cc(F)c(N4CCN(C(=O)C(C)NC(=O)c5cccnc5)CC4)c(F)c3)C(=O)O2)N=CCC1C. The summed E-state index contributed by atoms with van der Waals surface area (Å²) in [7, 11) is 0. The van der Waals surface area contributed by atoms with Crippen molar-refractivity contribution in [3.05, 3.63) is 65.6 Å². The van der Waals surface area contributed by atoms with Crippen LogP contribution in [-0.2, 0) is 9.53 Å². The number of aromatic nitrogens is 1. The van der Waals surface area contributed by atoms with Gasteiger partial charge in [0.25, 0.3) is 5.91 Å². The largest absolute Gasteiger partial charge is 0.442 e. The maximum atomic E-state index is 15.3. The van der Waals surface area contributed by atoms with E-state index in [0.717, 1.165) is 24.1 Å². The molecular weight excluding hydrogens is 560 g/mol. The van der Waals surface area contributed by atoms with E-state index in [-0.39, 0.29) is 50.0 Å². The molecule has 0 aliphatic carbocycles. The zero-order valence-electron chi connectivity index (χ0n) is 24.4. The molecule has 3 aliphatic heterocycles. The van der Waals surface area contributed by atoms with E-state index in [0.29, 0.717) is 18.0 Å². The highest BCUT2D eigenvalue weighted by atomic mass is 19.1. The molecular formula is C30H35F2N7O4. The van der Waals surface area contributed by atoms with Gasteiger partial charge in [-0.05, 0) is 38.3 Å². The van der Waals surface area contributed by atoms with Crippen LogP contribution in [0.4, 0.5) is 25.0 Å². The minimum absolute atomic E-state index is 0.0676. The number of amides is 3. The third-order valence-corrected chi connectivity index (χ3v) is 7.95. The van der Waals surface area contributed by atoms with Gasteiger partial charge < -0.3 is 19.9 Å². The van der Waals surface area contributed by atoms with E-state index in [4.69, 9.17) is 4.74 Å². The number of carbonyl (C=O) groups excluding carboxylic acids is 3. The molecule has 1 aromatic carbocycles. The van der Waals surface area contributed by atoms with E-state index in [2.05, 4.69) is 22.3 Å². The van der Waals surface area contributed by atoms with Crippen LogP contribution < -0.4 is 15.1 Å². The van der Waals surface area contributed by atoms with Crippen molar-refractivity contribution in [2.24, 2.45) is 11.0 Å². The Bertz CT molecular complexity index is 1410. The van der Waals surface area contributed by atoms with Gasteiger partial charge in [-0.2, -0.15) is 5.10 Å². The van der Waals surface area contributed by atoms with Gasteiger partial charge in [0.2, 0.25) is 5.91 Å². The number of nitrogens with zero attached hydrogens (tertiary/aromatic N) is 6. The van der Waals surface area contributed by atoms with Crippen LogP contribution in [0.15, 0.2) is 53.5 Å². The Hall–Kier alpha value is -4.55. The molecule has 0 spiro atoms. The first kappa shape index (κ1) is 29.9. The van der Waals surface area contributed by atoms with E-state index in [1.54, 1.807) is 35.2 Å². The van der Waals surface area contributed by atoms with Crippen LogP contribution >= 0.6 is 0 Å². The van der Waals surface area contributed by atoms with E-state index in [1.807, 2.05) is 19.3 Å². The lowest BCUT2D eigenvalue weighted by atomic mass is 10.0. The van der Waals surface area contributed by atoms with E-state index in [1.165, 1.54) is 16.0 Å². The highest BCUT2D eigenvalue weighted by Crippen LogP contribution is 2.32. The Balaban J connectivity index is 1.18. The molecule has 13 heteroatoms. The number of cyclic esters (lactones) is 1. The summed E-state index contributed by atoms with van der Waals surface area (Å²) in [6, 6.07) is 4.70. The minimum atomic E-state index is -0.812. The number of allylic oxidation sites excluding steroid dienone is 1. The first-order chi connectivity index (χ1) is 20.6. The Morgan fingerprint density at radius 3 is 2.56 bits per heavy atom. The third kappa shape index (κ3) is 6.76. The molecule has 11 nitrogen and oxygen atoms in total. The number of ether oxygens (including phenoxy) is 1. The molecule has 1 aromatic heterocycles. The average molecular weight is 596 g/mol. The van der Waals surface area contributed by atoms with Crippen molar-refractivity contribution in [2.75, 3.05) is 49.1 Å². The lowest BCUT2D eigenvalue weighted by molar-refractivity contribution is -0.133. The number of rotatable bonds is 7. The van der Waals surface area contributed by atoms with Gasteiger partial charge in [-0.1, -0.05) is 12.5 Å². The fraction of sp³-hybridized carbons (Fsp3) is 0.433. The molecule has 43 heavy (non-hydrogen) atoms. The molecule has 0 saturated carbocycles. The summed E-state index contributed by atoms with van der Waals surface area (Å²) in [5.74, 6) is -1.97. The van der Waals surface area contributed by atoms with Gasteiger partial charge in [0.05, 0.1) is 24.3 Å². The zero-order chi connectivity index (χ0) is 30.7. The Morgan fingerprint density at radius 2 is 1.88 bits per heavy atom. The van der Waals surface area contributed by atoms with Crippen LogP contribution in [-0.4, -0.2) is 90.4 Å². The second-order valence-electron chi connectivity index (χ2n) is 11.1. The summed E-state index contributed by atoms with van der Waals surface area (Å²) >= 11 is 0. The molecule has 3 atom stereocenters. The van der Waals surface area contributed by atoms with Crippen LogP contribution in [0.1, 0.15) is 37.6 Å². The molecule has 3 amide bonds. The van der Waals surface area contributed by atoms with Gasteiger partial charge in [-0.15, -0.1) is 0 Å². The Kier molecular flexibility index (Phi) is 8.88. The fourth-order valence-electron chi connectivity index (χ4n) is 5.30. The summed E-state index contributed by atoms with van der Waals surface area (Å²) in [4.78, 5) is 46.2. The molecule has 2 fully saturated rings. The van der Waals surface area contributed by atoms with E-state index >= 15 is 8.78 Å². The lowest BCUT2D eigenvalue weighted by Crippen LogP contribution is -2.54. The maximum absolute atomic E-state index is 15.3. The van der Waals surface area contributed by atoms with Crippen molar-refractivity contribution in [2.45, 2.75) is 39.3 Å². The summed E-state index contributed by atoms with van der Waals surface area (Å²) in [6.07, 6.45) is 6.31. The first-order valence-corrected chi connectivity index (χ1v) is 14.3. The summed E-state index contributed by atoms with van der Waals surface area (Å²) < 4.78 is 36.1. The van der Waals surface area contributed by atoms with Gasteiger partial charge in [0, 0.05) is 63.1 Å². The monoisotopic (exact) mass is 595 g/mol. The summed E-state index contributed by atoms with van der Waals surface area (Å²) in [5, 5.41) is 8.80. The quantitative estimate of drug-likeness (QED) is 0.523. The number of carbonyl (C=O) groups is 3. The summed E-state index contributed by atoms with van der Waals surface area (Å²) in [5.41, 5.74) is 1.35. The Labute approximate surface area is 248 Å². The first-order valence-electron chi connectivity index (χ1n) is 14.3. The molecule has 0 radical (unpaired) electrons. The molecule has 3 aliphatic rings. The average Bonchev–Trinajstić information content (AvgIpc) is 3.28. The van der Waals surface area contributed by atoms with Crippen molar-refractivity contribution in [1.29, 1.82) is 0 Å². The van der Waals surface area contributed by atoms with E-state index in [9.17, 15) is 14.4 Å². The van der Waals surface area contributed by atoms with Crippen LogP contribution in [0.5, 0.6) is 0 Å². The number of hydrazone groups is 1. The van der Waals surface area contributed by atoms with Gasteiger partial charge in [0.1, 0.15) is 17.8 Å². The number of benzene rings is 1. The lowest BCUT2D eigenvalue weighted by Gasteiger charge is -2.37. The molecule has 3 unspecified atom stereocenters. The molecule has 5 rings (SSSR count). The number of hydrogen-bond acceptors (Lipinski definition) is 8. The molecule has 2 aromatic rings. The maximum Gasteiger partial charge on any atom is 0.414 e. The second-order valence-corrected chi connectivity index (χ2v) is 11.1. The highest BCUT2D eigenvalue weighted by Gasteiger charge is 2.35. The van der Waals surface area contributed by atoms with Crippen molar-refractivity contribution < 1.29 is 27.9 Å². The standard InChI is InChI=1S/C30H35F2N7O4/c1-19-6-8-34-38(16-20(19)2)17-24-18-39(30(42)43-24)23-13-25(31)27(26(32)14-23)36-9-11-37(12-10-36)29(41)21(3)35-28(40)22-5-4-7-33-15-22/h4-5,7-8,13-16,19,21,24H,6,9-12,17-18H2,1-3H3,(H,35,40). The van der Waals surface area contributed by atoms with Crippen molar-refractivity contribution >= 4 is 35.5 Å². The van der Waals surface area contributed by atoms with Crippen molar-refractivity contribution in [1.82, 2.24) is 20.2 Å². The molecule has 0 bridgehead atoms. The van der Waals surface area contributed by atoms with Crippen LogP contribution in [0.25, 0.3) is 0 Å². The summed E-state index contributed by atoms with van der Waals surface area (Å²) in [6.45, 7) is 7.00. The number of hydrogen-bond donors (Lipinski definition) is 1. The van der Waals surface area contributed by atoms with Crippen LogP contribution in [0, 0.1) is 17.6 Å². The third-order valence-electron chi connectivity index (χ3n) is 7.95. The normalized spacial score (nSPS) is 21.3. The molecule has 1 N–H and O–H groups in total. The number of pyridine rings is 1. The minimum Gasteiger partial charge on any atom is -0.442 e. The smallest absolute Gasteiger partial charge is 0.414 e. The van der Waals surface area contributed by atoms with Crippen LogP contribution in [0.3, 0.4) is 0 Å². The van der Waals surface area contributed by atoms with Crippen molar-refractivity contribution in [3.63, 3.8) is 0 Å². The predicted molar refractivity (Wildman–Crippen MR) is 157 cm³/mol. The molecule has 228 valence electrons. The second kappa shape index (κ2) is 12.8. The molecule has 2 saturated heterocycles. The highest BCUT2D eigenvalue weighted by molar-refractivity contribution is 5.97. The zero-order valence-corrected chi connectivity index (χ0v) is 24.4. The molecule has 4 heterocycles. The van der Waals surface area contributed by atoms with Crippen molar-refractivity contribution in [3.8, 4) is 0 Å². The van der Waals surface area contributed by atoms with Gasteiger partial charge in [-0.25, -0.2) is 13.6 Å². The fourth-order valence-corrected chi connectivity index (χ4v) is 5.30. The van der Waals surface area contributed by atoms with Gasteiger partial charge in [-0.3, -0.25) is 24.5 Å². The Morgan fingerprint density at radius 1 is 1.16 bits per heavy atom. The van der Waals surface area contributed by atoms with Gasteiger partial charge >= 0.3 is 6.09 Å². The van der Waals surface area contributed by atoms with Crippen LogP contribution in [0.2, 0.25) is 0 Å². The number of piperazine rings is 1. The number of anilines is 2. The predicted octanol–water partition coefficient (Wildman–Crippen LogP) is 3.38. The topological polar surface area (TPSA) is 111 Å².